The summed E-state index contributed by atoms with van der Waals surface area (Å²) < 4.78 is 0. The number of hydrogen-bond acceptors (Lipinski definition) is 2. The van der Waals surface area contributed by atoms with Crippen molar-refractivity contribution in [3.63, 3.8) is 0 Å². The average Bonchev–Trinajstić information content (AvgIpc) is 3.01. The number of carbonyl (C=O) groups excluding carboxylic acids is 1. The predicted molar refractivity (Wildman–Crippen MR) is 88.7 cm³/mol. The van der Waals surface area contributed by atoms with Gasteiger partial charge in [0.15, 0.2) is 0 Å². The van der Waals surface area contributed by atoms with E-state index in [0.29, 0.717) is 12.5 Å². The molecule has 0 heterocycles. The van der Waals surface area contributed by atoms with Crippen molar-refractivity contribution >= 4 is 6.03 Å². The first kappa shape index (κ1) is 16.8. The van der Waals surface area contributed by atoms with Crippen LogP contribution in [-0.2, 0) is 6.42 Å². The van der Waals surface area contributed by atoms with E-state index < -0.39 is 6.10 Å². The number of amides is 2. The number of nitrogens with one attached hydrogen (secondary N) is 1. The Morgan fingerprint density at radius 1 is 1.32 bits per heavy atom. The Hall–Kier alpha value is -1.55. The highest BCUT2D eigenvalue weighted by Crippen LogP contribution is 2.29. The Morgan fingerprint density at radius 3 is 2.55 bits per heavy atom. The molecule has 0 bridgehead atoms. The third-order valence-corrected chi connectivity index (χ3v) is 4.46. The van der Waals surface area contributed by atoms with Gasteiger partial charge in [0.2, 0.25) is 0 Å². The van der Waals surface area contributed by atoms with Gasteiger partial charge in [0.25, 0.3) is 0 Å². The molecule has 0 spiro atoms. The number of urea groups is 1. The molecule has 2 atom stereocenters. The summed E-state index contributed by atoms with van der Waals surface area (Å²) in [6, 6.07) is 10.4. The molecule has 0 radical (unpaired) electrons. The lowest BCUT2D eigenvalue weighted by atomic mass is 9.92. The molecule has 2 unspecified atom stereocenters. The van der Waals surface area contributed by atoms with E-state index in [4.69, 9.17) is 0 Å². The van der Waals surface area contributed by atoms with Crippen molar-refractivity contribution in [2.45, 2.75) is 51.2 Å². The topological polar surface area (TPSA) is 52.6 Å². The minimum Gasteiger partial charge on any atom is -0.392 e. The van der Waals surface area contributed by atoms with Crippen LogP contribution in [0.1, 0.15) is 38.2 Å². The van der Waals surface area contributed by atoms with E-state index in [9.17, 15) is 9.90 Å². The van der Waals surface area contributed by atoms with Crippen LogP contribution in [0.25, 0.3) is 0 Å². The van der Waals surface area contributed by atoms with E-state index in [2.05, 4.69) is 17.4 Å². The van der Waals surface area contributed by atoms with Gasteiger partial charge in [-0.1, -0.05) is 43.2 Å². The van der Waals surface area contributed by atoms with Gasteiger partial charge in [-0.25, -0.2) is 4.79 Å². The highest BCUT2D eigenvalue weighted by molar-refractivity contribution is 5.74. The molecule has 2 N–H and O–H groups in total. The number of rotatable bonds is 6. The van der Waals surface area contributed by atoms with Crippen LogP contribution in [0.4, 0.5) is 4.79 Å². The first-order valence-electron chi connectivity index (χ1n) is 8.30. The van der Waals surface area contributed by atoms with Crippen molar-refractivity contribution in [2.24, 2.45) is 5.92 Å². The van der Waals surface area contributed by atoms with Gasteiger partial charge >= 0.3 is 6.03 Å². The fraction of sp³-hybridized carbons (Fsp3) is 0.611. The summed E-state index contributed by atoms with van der Waals surface area (Å²) in [4.78, 5) is 13.9. The zero-order valence-electron chi connectivity index (χ0n) is 13.7. The summed E-state index contributed by atoms with van der Waals surface area (Å²) >= 11 is 0. The predicted octanol–water partition coefficient (Wildman–Crippen LogP) is 2.81. The van der Waals surface area contributed by atoms with E-state index in [1.807, 2.05) is 18.2 Å². The second-order valence-corrected chi connectivity index (χ2v) is 6.52. The maximum absolute atomic E-state index is 12.3. The molecule has 1 fully saturated rings. The Kier molecular flexibility index (Phi) is 6.25. The Labute approximate surface area is 133 Å². The van der Waals surface area contributed by atoms with Crippen LogP contribution in [-0.4, -0.2) is 41.8 Å². The van der Waals surface area contributed by atoms with Crippen molar-refractivity contribution in [1.29, 1.82) is 0 Å². The Bertz CT molecular complexity index is 455. The van der Waals surface area contributed by atoms with Crippen LogP contribution in [0, 0.1) is 5.92 Å². The zero-order valence-corrected chi connectivity index (χ0v) is 13.7. The van der Waals surface area contributed by atoms with E-state index in [-0.39, 0.29) is 12.1 Å². The number of hydrogen-bond donors (Lipinski definition) is 2. The summed E-state index contributed by atoms with van der Waals surface area (Å²) in [6.45, 7) is 2.05. The average molecular weight is 304 g/mol. The Morgan fingerprint density at radius 2 is 1.95 bits per heavy atom. The van der Waals surface area contributed by atoms with Gasteiger partial charge < -0.3 is 15.3 Å². The van der Waals surface area contributed by atoms with Gasteiger partial charge in [-0.15, -0.1) is 0 Å². The van der Waals surface area contributed by atoms with Gasteiger partial charge in [0.1, 0.15) is 0 Å². The molecule has 1 aromatic carbocycles. The third kappa shape index (κ3) is 5.02. The smallest absolute Gasteiger partial charge is 0.317 e. The molecular formula is C18H28N2O2. The fourth-order valence-electron chi connectivity index (χ4n) is 3.31. The summed E-state index contributed by atoms with van der Waals surface area (Å²) in [7, 11) is 1.73. The fourth-order valence-corrected chi connectivity index (χ4v) is 3.31. The molecule has 22 heavy (non-hydrogen) atoms. The molecule has 2 amide bonds. The molecule has 1 aliphatic rings. The van der Waals surface area contributed by atoms with Crippen LogP contribution < -0.4 is 5.32 Å². The van der Waals surface area contributed by atoms with Crippen molar-refractivity contribution < 1.29 is 9.90 Å². The van der Waals surface area contributed by atoms with Gasteiger partial charge in [-0.05, 0) is 37.7 Å². The van der Waals surface area contributed by atoms with E-state index in [1.165, 1.54) is 31.2 Å². The van der Waals surface area contributed by atoms with Crippen LogP contribution in [0.2, 0.25) is 0 Å². The summed E-state index contributed by atoms with van der Waals surface area (Å²) in [5, 5.41) is 12.6. The largest absolute Gasteiger partial charge is 0.392 e. The maximum atomic E-state index is 12.3. The minimum atomic E-state index is -0.505. The second-order valence-electron chi connectivity index (χ2n) is 6.52. The van der Waals surface area contributed by atoms with Crippen molar-refractivity contribution in [2.75, 3.05) is 13.6 Å². The SMILES string of the molecule is CC(O)CN(C)C(=O)NC(Cc1ccccc1)C1CCCC1. The first-order chi connectivity index (χ1) is 10.6. The van der Waals surface area contributed by atoms with Gasteiger partial charge in [-0.2, -0.15) is 0 Å². The molecule has 0 saturated heterocycles. The highest BCUT2D eigenvalue weighted by Gasteiger charge is 2.27. The molecule has 0 aromatic heterocycles. The van der Waals surface area contributed by atoms with Gasteiger partial charge in [-0.3, -0.25) is 0 Å². The number of aliphatic hydroxyl groups excluding tert-OH is 1. The monoisotopic (exact) mass is 304 g/mol. The molecular weight excluding hydrogens is 276 g/mol. The Balaban J connectivity index is 1.99. The minimum absolute atomic E-state index is 0.0891. The number of carbonyl (C=O) groups is 1. The lowest BCUT2D eigenvalue weighted by molar-refractivity contribution is 0.140. The van der Waals surface area contributed by atoms with Gasteiger partial charge in [0.05, 0.1) is 6.10 Å². The van der Waals surface area contributed by atoms with Crippen LogP contribution in [0.15, 0.2) is 30.3 Å². The maximum Gasteiger partial charge on any atom is 0.317 e. The van der Waals surface area contributed by atoms with Crippen LogP contribution in [0.5, 0.6) is 0 Å². The van der Waals surface area contributed by atoms with E-state index in [1.54, 1.807) is 18.9 Å². The highest BCUT2D eigenvalue weighted by atomic mass is 16.3. The molecule has 1 aliphatic carbocycles. The van der Waals surface area contributed by atoms with E-state index in [0.717, 1.165) is 6.42 Å². The van der Waals surface area contributed by atoms with Crippen molar-refractivity contribution in [3.05, 3.63) is 35.9 Å². The number of benzene rings is 1. The summed E-state index contributed by atoms with van der Waals surface area (Å²) in [5.74, 6) is 0.559. The van der Waals surface area contributed by atoms with Crippen molar-refractivity contribution in [3.8, 4) is 0 Å². The van der Waals surface area contributed by atoms with Crippen LogP contribution in [0.3, 0.4) is 0 Å². The normalized spacial score (nSPS) is 18.0. The lowest BCUT2D eigenvalue weighted by Gasteiger charge is -2.28. The molecule has 2 rings (SSSR count). The third-order valence-electron chi connectivity index (χ3n) is 4.46. The summed E-state index contributed by atoms with van der Waals surface area (Å²) in [5.41, 5.74) is 1.26. The molecule has 122 valence electrons. The van der Waals surface area contributed by atoms with Crippen LogP contribution >= 0.6 is 0 Å². The number of nitrogens with zero attached hydrogens (tertiary/aromatic N) is 1. The second kappa shape index (κ2) is 8.18. The molecule has 0 aliphatic heterocycles. The van der Waals surface area contributed by atoms with Crippen molar-refractivity contribution in [1.82, 2.24) is 10.2 Å². The molecule has 4 heteroatoms. The number of aliphatic hydroxyl groups is 1. The molecule has 1 aromatic rings. The lowest BCUT2D eigenvalue weighted by Crippen LogP contribution is -2.48. The standard InChI is InChI=1S/C18H28N2O2/c1-14(21)13-20(2)18(22)19-17(16-10-6-7-11-16)12-15-8-4-3-5-9-15/h3-5,8-9,14,16-17,21H,6-7,10-13H2,1-2H3,(H,19,22). The number of likely N-dealkylation sites (N-methyl/N-ethyl adjacent to an activating group) is 1. The molecule has 4 nitrogen and oxygen atoms in total. The first-order valence-corrected chi connectivity index (χ1v) is 8.30. The zero-order chi connectivity index (χ0) is 15.9. The molecule has 1 saturated carbocycles. The van der Waals surface area contributed by atoms with Gasteiger partial charge in [0, 0.05) is 19.6 Å². The quantitative estimate of drug-likeness (QED) is 0.849. The van der Waals surface area contributed by atoms with E-state index >= 15 is 0 Å². The summed E-state index contributed by atoms with van der Waals surface area (Å²) in [6.07, 6.45) is 5.27.